The SMILES string of the molecule is CCOc1ccc(NC(=O)C(C#N)=Cc2ccc(-c3cccc(Cl)c3Cl)o2)cc1. The van der Waals surface area contributed by atoms with Crippen molar-refractivity contribution in [3.8, 4) is 23.1 Å². The Morgan fingerprint density at radius 3 is 2.62 bits per heavy atom. The van der Waals surface area contributed by atoms with E-state index in [1.54, 1.807) is 54.6 Å². The second-order valence-electron chi connectivity index (χ2n) is 5.88. The van der Waals surface area contributed by atoms with Crippen LogP contribution in [0.2, 0.25) is 10.0 Å². The minimum absolute atomic E-state index is 0.100. The fourth-order valence-corrected chi connectivity index (χ4v) is 2.95. The van der Waals surface area contributed by atoms with E-state index >= 15 is 0 Å². The van der Waals surface area contributed by atoms with E-state index in [9.17, 15) is 10.1 Å². The third kappa shape index (κ3) is 5.00. The van der Waals surface area contributed by atoms with Crippen molar-refractivity contribution in [1.29, 1.82) is 5.26 Å². The Bertz CT molecular complexity index is 1100. The fraction of sp³-hybridized carbons (Fsp3) is 0.0909. The summed E-state index contributed by atoms with van der Waals surface area (Å²) in [4.78, 5) is 12.4. The van der Waals surface area contributed by atoms with Crippen LogP contribution in [0.25, 0.3) is 17.4 Å². The highest BCUT2D eigenvalue weighted by atomic mass is 35.5. The van der Waals surface area contributed by atoms with Crippen molar-refractivity contribution in [2.45, 2.75) is 6.92 Å². The van der Waals surface area contributed by atoms with E-state index in [4.69, 9.17) is 32.4 Å². The number of nitrogens with zero attached hydrogens (tertiary/aromatic N) is 1. The summed E-state index contributed by atoms with van der Waals surface area (Å²) in [5.74, 6) is 0.974. The van der Waals surface area contributed by atoms with Crippen LogP contribution in [0.4, 0.5) is 5.69 Å². The molecular weight excluding hydrogens is 411 g/mol. The lowest BCUT2D eigenvalue weighted by Gasteiger charge is -2.06. The Hall–Kier alpha value is -3.20. The lowest BCUT2D eigenvalue weighted by molar-refractivity contribution is -0.112. The van der Waals surface area contributed by atoms with Gasteiger partial charge in [-0.1, -0.05) is 29.3 Å². The van der Waals surface area contributed by atoms with E-state index in [1.807, 2.05) is 13.0 Å². The number of carbonyl (C=O) groups excluding carboxylic acids is 1. The first-order valence-corrected chi connectivity index (χ1v) is 9.47. The maximum absolute atomic E-state index is 12.4. The van der Waals surface area contributed by atoms with Gasteiger partial charge in [0.15, 0.2) is 0 Å². The number of hydrogen-bond acceptors (Lipinski definition) is 4. The predicted octanol–water partition coefficient (Wildman–Crippen LogP) is 6.20. The summed E-state index contributed by atoms with van der Waals surface area (Å²) < 4.78 is 11.1. The second-order valence-corrected chi connectivity index (χ2v) is 6.67. The van der Waals surface area contributed by atoms with Crippen LogP contribution < -0.4 is 10.1 Å². The van der Waals surface area contributed by atoms with Gasteiger partial charge in [0.25, 0.3) is 5.91 Å². The van der Waals surface area contributed by atoms with Crippen molar-refractivity contribution in [2.24, 2.45) is 0 Å². The van der Waals surface area contributed by atoms with Crippen molar-refractivity contribution in [3.05, 3.63) is 76.0 Å². The first-order valence-electron chi connectivity index (χ1n) is 8.72. The van der Waals surface area contributed by atoms with Gasteiger partial charge >= 0.3 is 0 Å². The number of carbonyl (C=O) groups is 1. The highest BCUT2D eigenvalue weighted by molar-refractivity contribution is 6.43. The third-order valence-electron chi connectivity index (χ3n) is 3.92. The van der Waals surface area contributed by atoms with Crippen molar-refractivity contribution in [3.63, 3.8) is 0 Å². The van der Waals surface area contributed by atoms with Gasteiger partial charge in [0, 0.05) is 17.3 Å². The molecule has 3 aromatic rings. The van der Waals surface area contributed by atoms with Crippen LogP contribution in [0, 0.1) is 11.3 Å². The molecule has 146 valence electrons. The minimum atomic E-state index is -0.546. The molecule has 0 atom stereocenters. The van der Waals surface area contributed by atoms with Crippen LogP contribution in [0.5, 0.6) is 5.75 Å². The number of nitriles is 1. The van der Waals surface area contributed by atoms with Crippen molar-refractivity contribution in [1.82, 2.24) is 0 Å². The van der Waals surface area contributed by atoms with Crippen LogP contribution in [0.1, 0.15) is 12.7 Å². The summed E-state index contributed by atoms with van der Waals surface area (Å²) in [7, 11) is 0. The predicted molar refractivity (Wildman–Crippen MR) is 114 cm³/mol. The fourth-order valence-electron chi connectivity index (χ4n) is 2.56. The lowest BCUT2D eigenvalue weighted by Crippen LogP contribution is -2.13. The molecule has 0 aliphatic rings. The molecular formula is C22H16Cl2N2O3. The van der Waals surface area contributed by atoms with Crippen LogP contribution >= 0.6 is 23.2 Å². The molecule has 1 N–H and O–H groups in total. The zero-order chi connectivity index (χ0) is 20.8. The van der Waals surface area contributed by atoms with Crippen LogP contribution in [0.3, 0.4) is 0 Å². The summed E-state index contributed by atoms with van der Waals surface area (Å²) >= 11 is 12.2. The molecule has 29 heavy (non-hydrogen) atoms. The average molecular weight is 427 g/mol. The van der Waals surface area contributed by atoms with E-state index in [2.05, 4.69) is 5.32 Å². The summed E-state index contributed by atoms with van der Waals surface area (Å²) in [5.41, 5.74) is 1.07. The number of nitrogens with one attached hydrogen (secondary N) is 1. The molecule has 0 spiro atoms. The Morgan fingerprint density at radius 1 is 1.17 bits per heavy atom. The molecule has 0 unspecified atom stereocenters. The Balaban J connectivity index is 1.77. The van der Waals surface area contributed by atoms with Gasteiger partial charge < -0.3 is 14.5 Å². The molecule has 1 aromatic heterocycles. The number of furan rings is 1. The topological polar surface area (TPSA) is 75.3 Å². The molecule has 0 fully saturated rings. The molecule has 1 amide bonds. The van der Waals surface area contributed by atoms with Crippen LogP contribution in [0.15, 0.2) is 64.6 Å². The van der Waals surface area contributed by atoms with Gasteiger partial charge in [-0.05, 0) is 55.5 Å². The number of anilines is 1. The largest absolute Gasteiger partial charge is 0.494 e. The Kier molecular flexibility index (Phi) is 6.61. The van der Waals surface area contributed by atoms with E-state index < -0.39 is 5.91 Å². The summed E-state index contributed by atoms with van der Waals surface area (Å²) in [6.07, 6.45) is 1.37. The van der Waals surface area contributed by atoms with E-state index in [1.165, 1.54) is 6.08 Å². The number of ether oxygens (including phenoxy) is 1. The smallest absolute Gasteiger partial charge is 0.266 e. The summed E-state index contributed by atoms with van der Waals surface area (Å²) in [6, 6.07) is 17.3. The molecule has 0 aliphatic carbocycles. The second kappa shape index (κ2) is 9.33. The molecule has 0 aliphatic heterocycles. The molecule has 7 heteroatoms. The number of amides is 1. The molecule has 2 aromatic carbocycles. The maximum Gasteiger partial charge on any atom is 0.266 e. The summed E-state index contributed by atoms with van der Waals surface area (Å²) in [6.45, 7) is 2.44. The summed E-state index contributed by atoms with van der Waals surface area (Å²) in [5, 5.41) is 12.8. The Morgan fingerprint density at radius 2 is 1.93 bits per heavy atom. The van der Waals surface area contributed by atoms with Gasteiger partial charge in [-0.2, -0.15) is 5.26 Å². The van der Waals surface area contributed by atoms with Crippen molar-refractivity contribution in [2.75, 3.05) is 11.9 Å². The molecule has 0 radical (unpaired) electrons. The van der Waals surface area contributed by atoms with Crippen molar-refractivity contribution < 1.29 is 13.9 Å². The normalized spacial score (nSPS) is 11.0. The zero-order valence-electron chi connectivity index (χ0n) is 15.4. The maximum atomic E-state index is 12.4. The number of rotatable bonds is 6. The third-order valence-corrected chi connectivity index (χ3v) is 4.74. The minimum Gasteiger partial charge on any atom is -0.494 e. The van der Waals surface area contributed by atoms with Crippen LogP contribution in [-0.2, 0) is 4.79 Å². The molecule has 0 saturated heterocycles. The highest BCUT2D eigenvalue weighted by Gasteiger charge is 2.13. The number of halogens is 2. The highest BCUT2D eigenvalue weighted by Crippen LogP contribution is 2.34. The van der Waals surface area contributed by atoms with Crippen LogP contribution in [-0.4, -0.2) is 12.5 Å². The average Bonchev–Trinajstić information content (AvgIpc) is 3.18. The molecule has 1 heterocycles. The Labute approximate surface area is 178 Å². The van der Waals surface area contributed by atoms with Gasteiger partial charge in [-0.15, -0.1) is 0 Å². The van der Waals surface area contributed by atoms with Gasteiger partial charge in [0.1, 0.15) is 28.9 Å². The first-order chi connectivity index (χ1) is 14.0. The number of hydrogen-bond donors (Lipinski definition) is 1. The molecule has 0 saturated carbocycles. The standard InChI is InChI=1S/C22H16Cl2N2O3/c1-2-28-16-8-6-15(7-9-16)26-22(27)14(13-25)12-17-10-11-20(29-17)18-4-3-5-19(23)21(18)24/h3-12H,2H2,1H3,(H,26,27). The quantitative estimate of drug-likeness (QED) is 0.376. The zero-order valence-corrected chi connectivity index (χ0v) is 16.9. The van der Waals surface area contributed by atoms with E-state index in [0.717, 1.165) is 0 Å². The van der Waals surface area contributed by atoms with E-state index in [-0.39, 0.29) is 5.57 Å². The first kappa shape index (κ1) is 20.5. The van der Waals surface area contributed by atoms with Gasteiger partial charge in [0.2, 0.25) is 0 Å². The van der Waals surface area contributed by atoms with E-state index in [0.29, 0.717) is 45.2 Å². The number of benzene rings is 2. The van der Waals surface area contributed by atoms with Crippen molar-refractivity contribution >= 4 is 40.9 Å². The van der Waals surface area contributed by atoms with Gasteiger partial charge in [0.05, 0.1) is 16.7 Å². The molecule has 3 rings (SSSR count). The molecule has 5 nitrogen and oxygen atoms in total. The molecule has 0 bridgehead atoms. The monoisotopic (exact) mass is 426 g/mol. The lowest BCUT2D eigenvalue weighted by atomic mass is 10.2. The van der Waals surface area contributed by atoms with Gasteiger partial charge in [-0.25, -0.2) is 0 Å². The van der Waals surface area contributed by atoms with Gasteiger partial charge in [-0.3, -0.25) is 4.79 Å².